The maximum absolute atomic E-state index is 12.3. The summed E-state index contributed by atoms with van der Waals surface area (Å²) < 4.78 is 5.55. The molecule has 0 aliphatic rings. The number of halogens is 2. The van der Waals surface area contributed by atoms with Crippen LogP contribution in [0.4, 0.5) is 5.69 Å². The van der Waals surface area contributed by atoms with Crippen LogP contribution in [0.25, 0.3) is 0 Å². The largest absolute Gasteiger partial charge is 0.460 e. The lowest BCUT2D eigenvalue weighted by Crippen LogP contribution is -3.12. The van der Waals surface area contributed by atoms with Gasteiger partial charge in [0.25, 0.3) is 5.91 Å². The van der Waals surface area contributed by atoms with E-state index in [0.717, 1.165) is 16.4 Å². The third-order valence-electron chi connectivity index (χ3n) is 3.51. The van der Waals surface area contributed by atoms with Crippen LogP contribution in [-0.2, 0) is 11.3 Å². The standard InChI is InChI=1S/C16H18Cl2N2O2/c1-10-4-5-15(22-10)9-20(3)11(2)16(21)19-14-7-12(17)6-13(18)8-14/h4-8,11H,9H2,1-3H3,(H,19,21)/p+1/t11-/m0/s1. The van der Waals surface area contributed by atoms with E-state index in [2.05, 4.69) is 5.32 Å². The predicted octanol–water partition coefficient (Wildman–Crippen LogP) is 2.94. The van der Waals surface area contributed by atoms with Crippen molar-refractivity contribution in [2.24, 2.45) is 0 Å². The number of hydrogen-bond donors (Lipinski definition) is 2. The van der Waals surface area contributed by atoms with Gasteiger partial charge in [-0.25, -0.2) is 0 Å². The van der Waals surface area contributed by atoms with Gasteiger partial charge in [0, 0.05) is 15.7 Å². The van der Waals surface area contributed by atoms with Crippen molar-refractivity contribution in [1.82, 2.24) is 0 Å². The molecular weight excluding hydrogens is 323 g/mol. The van der Waals surface area contributed by atoms with Crippen LogP contribution >= 0.6 is 23.2 Å². The van der Waals surface area contributed by atoms with E-state index in [1.165, 1.54) is 0 Å². The topological polar surface area (TPSA) is 46.7 Å². The number of carbonyl (C=O) groups excluding carboxylic acids is 1. The van der Waals surface area contributed by atoms with Crippen molar-refractivity contribution in [3.8, 4) is 0 Å². The van der Waals surface area contributed by atoms with Crippen molar-refractivity contribution >= 4 is 34.8 Å². The van der Waals surface area contributed by atoms with Gasteiger partial charge < -0.3 is 14.6 Å². The van der Waals surface area contributed by atoms with Gasteiger partial charge in [0.2, 0.25) is 0 Å². The Kier molecular flexibility index (Phi) is 5.51. The van der Waals surface area contributed by atoms with Crippen LogP contribution in [0, 0.1) is 6.92 Å². The minimum Gasteiger partial charge on any atom is -0.460 e. The van der Waals surface area contributed by atoms with Gasteiger partial charge in [-0.3, -0.25) is 4.79 Å². The molecule has 1 aromatic carbocycles. The molecule has 0 aliphatic carbocycles. The molecule has 0 aliphatic heterocycles. The van der Waals surface area contributed by atoms with Gasteiger partial charge in [0.1, 0.15) is 12.3 Å². The smallest absolute Gasteiger partial charge is 0.282 e. The average molecular weight is 342 g/mol. The molecule has 118 valence electrons. The molecule has 6 heteroatoms. The molecule has 2 rings (SSSR count). The molecule has 0 radical (unpaired) electrons. The molecule has 1 unspecified atom stereocenters. The van der Waals surface area contributed by atoms with Crippen molar-refractivity contribution < 1.29 is 14.1 Å². The van der Waals surface area contributed by atoms with Crippen LogP contribution in [0.2, 0.25) is 10.0 Å². The molecule has 0 saturated carbocycles. The van der Waals surface area contributed by atoms with Crippen molar-refractivity contribution in [2.45, 2.75) is 26.4 Å². The summed E-state index contributed by atoms with van der Waals surface area (Å²) in [7, 11) is 1.95. The Labute approximate surface area is 140 Å². The van der Waals surface area contributed by atoms with E-state index in [4.69, 9.17) is 27.6 Å². The summed E-state index contributed by atoms with van der Waals surface area (Å²) in [6, 6.07) is 8.57. The van der Waals surface area contributed by atoms with Gasteiger partial charge in [0.05, 0.1) is 7.05 Å². The molecule has 4 nitrogen and oxygen atoms in total. The summed E-state index contributed by atoms with van der Waals surface area (Å²) in [6.45, 7) is 4.41. The fourth-order valence-electron chi connectivity index (χ4n) is 2.11. The summed E-state index contributed by atoms with van der Waals surface area (Å²) in [6.07, 6.45) is 0. The highest BCUT2D eigenvalue weighted by atomic mass is 35.5. The molecule has 0 bridgehead atoms. The van der Waals surface area contributed by atoms with E-state index < -0.39 is 0 Å². The fourth-order valence-corrected chi connectivity index (χ4v) is 2.63. The number of anilines is 1. The lowest BCUT2D eigenvalue weighted by Gasteiger charge is -2.20. The monoisotopic (exact) mass is 341 g/mol. The molecule has 1 aromatic heterocycles. The Bertz CT molecular complexity index is 650. The molecule has 1 heterocycles. The van der Waals surface area contributed by atoms with E-state index in [1.807, 2.05) is 33.0 Å². The quantitative estimate of drug-likeness (QED) is 0.878. The first-order valence-corrected chi connectivity index (χ1v) is 7.75. The van der Waals surface area contributed by atoms with E-state index >= 15 is 0 Å². The Morgan fingerprint density at radius 2 is 1.91 bits per heavy atom. The third kappa shape index (κ3) is 4.50. The van der Waals surface area contributed by atoms with Crippen LogP contribution in [0.5, 0.6) is 0 Å². The van der Waals surface area contributed by atoms with E-state index in [-0.39, 0.29) is 11.9 Å². The SMILES string of the molecule is Cc1ccc(C[NH+](C)[C@@H](C)C(=O)Nc2cc(Cl)cc(Cl)c2)o1. The molecule has 2 aromatic rings. The first kappa shape index (κ1) is 16.9. The van der Waals surface area contributed by atoms with E-state index in [0.29, 0.717) is 22.3 Å². The summed E-state index contributed by atoms with van der Waals surface area (Å²) in [5, 5.41) is 3.81. The summed E-state index contributed by atoms with van der Waals surface area (Å²) >= 11 is 11.9. The van der Waals surface area contributed by atoms with Crippen molar-refractivity contribution in [3.63, 3.8) is 0 Å². The van der Waals surface area contributed by atoms with Gasteiger partial charge in [-0.1, -0.05) is 23.2 Å². The number of likely N-dealkylation sites (N-methyl/N-ethyl adjacent to an activating group) is 1. The molecule has 2 atom stereocenters. The average Bonchev–Trinajstić information content (AvgIpc) is 2.81. The number of hydrogen-bond acceptors (Lipinski definition) is 2. The molecule has 2 N–H and O–H groups in total. The zero-order chi connectivity index (χ0) is 16.3. The number of aryl methyl sites for hydroxylation is 1. The van der Waals surface area contributed by atoms with Crippen LogP contribution in [0.1, 0.15) is 18.4 Å². The fraction of sp³-hybridized carbons (Fsp3) is 0.312. The van der Waals surface area contributed by atoms with Crippen LogP contribution < -0.4 is 10.2 Å². The first-order chi connectivity index (χ1) is 10.3. The number of benzene rings is 1. The predicted molar refractivity (Wildman–Crippen MR) is 88.6 cm³/mol. The van der Waals surface area contributed by atoms with Gasteiger partial charge >= 0.3 is 0 Å². The van der Waals surface area contributed by atoms with Gasteiger partial charge in [-0.2, -0.15) is 0 Å². The minimum atomic E-state index is -0.247. The Balaban J connectivity index is 1.98. The number of rotatable bonds is 5. The van der Waals surface area contributed by atoms with Crippen LogP contribution in [0.3, 0.4) is 0 Å². The molecule has 0 saturated heterocycles. The zero-order valence-corrected chi connectivity index (χ0v) is 14.3. The molecule has 1 amide bonds. The highest BCUT2D eigenvalue weighted by molar-refractivity contribution is 6.35. The number of quaternary nitrogens is 1. The van der Waals surface area contributed by atoms with Crippen molar-refractivity contribution in [3.05, 3.63) is 51.9 Å². The maximum atomic E-state index is 12.3. The highest BCUT2D eigenvalue weighted by Crippen LogP contribution is 2.22. The van der Waals surface area contributed by atoms with Crippen molar-refractivity contribution in [1.29, 1.82) is 0 Å². The maximum Gasteiger partial charge on any atom is 0.282 e. The second kappa shape index (κ2) is 7.18. The normalized spacial score (nSPS) is 13.7. The molecule has 0 fully saturated rings. The van der Waals surface area contributed by atoms with Gasteiger partial charge in [0.15, 0.2) is 11.8 Å². The first-order valence-electron chi connectivity index (χ1n) is 6.99. The molecule has 22 heavy (non-hydrogen) atoms. The summed E-state index contributed by atoms with van der Waals surface area (Å²) in [4.78, 5) is 13.4. The minimum absolute atomic E-state index is 0.0980. The van der Waals surface area contributed by atoms with Gasteiger partial charge in [-0.05, 0) is 44.2 Å². The van der Waals surface area contributed by atoms with Crippen molar-refractivity contribution in [2.75, 3.05) is 12.4 Å². The lowest BCUT2D eigenvalue weighted by atomic mass is 10.2. The zero-order valence-electron chi connectivity index (χ0n) is 12.7. The molecule has 0 spiro atoms. The summed E-state index contributed by atoms with van der Waals surface area (Å²) in [5.74, 6) is 1.63. The summed E-state index contributed by atoms with van der Waals surface area (Å²) in [5.41, 5.74) is 0.594. The van der Waals surface area contributed by atoms with Crippen LogP contribution in [-0.4, -0.2) is 19.0 Å². The Morgan fingerprint density at radius 3 is 2.45 bits per heavy atom. The lowest BCUT2D eigenvalue weighted by molar-refractivity contribution is -0.908. The second-order valence-electron chi connectivity index (χ2n) is 5.40. The van der Waals surface area contributed by atoms with E-state index in [9.17, 15) is 4.79 Å². The third-order valence-corrected chi connectivity index (χ3v) is 3.95. The van der Waals surface area contributed by atoms with E-state index in [1.54, 1.807) is 18.2 Å². The number of furan rings is 1. The second-order valence-corrected chi connectivity index (χ2v) is 6.28. The number of carbonyl (C=O) groups is 1. The highest BCUT2D eigenvalue weighted by Gasteiger charge is 2.23. The molecular formula is C16H19Cl2N2O2+. The van der Waals surface area contributed by atoms with Crippen LogP contribution in [0.15, 0.2) is 34.7 Å². The van der Waals surface area contributed by atoms with Gasteiger partial charge in [-0.15, -0.1) is 0 Å². The Morgan fingerprint density at radius 1 is 1.27 bits per heavy atom. The Hall–Kier alpha value is -1.49. The number of amides is 1. The number of nitrogens with one attached hydrogen (secondary N) is 2.